The first-order chi connectivity index (χ1) is 10.8. The van der Waals surface area contributed by atoms with Crippen molar-refractivity contribution in [1.29, 1.82) is 0 Å². The highest BCUT2D eigenvalue weighted by atomic mass is 16.3. The highest BCUT2D eigenvalue weighted by Crippen LogP contribution is 2.43. The van der Waals surface area contributed by atoms with Gasteiger partial charge in [0.25, 0.3) is 0 Å². The molecule has 4 rings (SSSR count). The zero-order valence-electron chi connectivity index (χ0n) is 12.9. The number of hydrogen-bond donors (Lipinski definition) is 1. The summed E-state index contributed by atoms with van der Waals surface area (Å²) < 4.78 is 0. The van der Waals surface area contributed by atoms with Crippen molar-refractivity contribution in [3.63, 3.8) is 0 Å². The predicted octanol–water partition coefficient (Wildman–Crippen LogP) is 5.46. The van der Waals surface area contributed by atoms with Crippen LogP contribution in [0.1, 0.15) is 36.5 Å². The minimum absolute atomic E-state index is 0.496. The third kappa shape index (κ3) is 1.93. The fraction of sp³-hybridized carbons (Fsp3) is 0.238. The maximum atomic E-state index is 10.8. The van der Waals surface area contributed by atoms with Gasteiger partial charge in [0, 0.05) is 5.39 Å². The molecule has 1 aliphatic rings. The van der Waals surface area contributed by atoms with Crippen LogP contribution in [0.3, 0.4) is 0 Å². The fourth-order valence-corrected chi connectivity index (χ4v) is 3.65. The summed E-state index contributed by atoms with van der Waals surface area (Å²) in [6.45, 7) is 2.19. The van der Waals surface area contributed by atoms with Gasteiger partial charge >= 0.3 is 0 Å². The van der Waals surface area contributed by atoms with E-state index in [1.165, 1.54) is 22.3 Å². The zero-order valence-corrected chi connectivity index (χ0v) is 12.9. The Balaban J connectivity index is 1.94. The van der Waals surface area contributed by atoms with E-state index >= 15 is 0 Å². The van der Waals surface area contributed by atoms with Crippen LogP contribution in [0.4, 0.5) is 0 Å². The lowest BCUT2D eigenvalue weighted by Crippen LogP contribution is -1.91. The van der Waals surface area contributed by atoms with Crippen LogP contribution in [0.5, 0.6) is 5.75 Å². The second-order valence-corrected chi connectivity index (χ2v) is 6.20. The Morgan fingerprint density at radius 1 is 0.955 bits per heavy atom. The summed E-state index contributed by atoms with van der Waals surface area (Å²) in [5.74, 6) is 0.496. The van der Waals surface area contributed by atoms with E-state index in [1.807, 2.05) is 0 Å². The highest BCUT2D eigenvalue weighted by Gasteiger charge is 2.22. The lowest BCUT2D eigenvalue weighted by Gasteiger charge is -2.12. The molecule has 0 saturated heterocycles. The van der Waals surface area contributed by atoms with Crippen LogP contribution in [0, 0.1) is 0 Å². The Labute approximate surface area is 131 Å². The smallest absolute Gasteiger partial charge is 0.126 e. The van der Waals surface area contributed by atoms with Crippen molar-refractivity contribution in [1.82, 2.24) is 0 Å². The first-order valence-corrected chi connectivity index (χ1v) is 8.14. The summed E-state index contributed by atoms with van der Waals surface area (Å²) in [6, 6.07) is 17.2. The van der Waals surface area contributed by atoms with E-state index in [9.17, 15) is 5.11 Å². The summed E-state index contributed by atoms with van der Waals surface area (Å²) in [4.78, 5) is 0. The molecule has 22 heavy (non-hydrogen) atoms. The molecule has 0 radical (unpaired) electrons. The first-order valence-electron chi connectivity index (χ1n) is 8.14. The van der Waals surface area contributed by atoms with Crippen molar-refractivity contribution in [3.8, 4) is 16.9 Å². The second-order valence-electron chi connectivity index (χ2n) is 6.20. The molecule has 0 aliphatic heterocycles. The SMILES string of the molecule is CCCCc1ccc2ccc3c(c2c1O)Cc1ccccc1-3. The van der Waals surface area contributed by atoms with Crippen molar-refractivity contribution >= 4 is 10.8 Å². The number of unbranched alkanes of at least 4 members (excludes halogenated alkanes) is 1. The average Bonchev–Trinajstić information content (AvgIpc) is 2.92. The number of rotatable bonds is 3. The molecule has 0 saturated carbocycles. The second kappa shape index (κ2) is 5.17. The molecule has 3 aromatic rings. The summed E-state index contributed by atoms with van der Waals surface area (Å²) in [6.07, 6.45) is 4.15. The summed E-state index contributed by atoms with van der Waals surface area (Å²) in [7, 11) is 0. The normalized spacial score (nSPS) is 12.4. The highest BCUT2D eigenvalue weighted by molar-refractivity contribution is 5.99. The number of benzene rings is 3. The number of hydrogen-bond acceptors (Lipinski definition) is 1. The number of phenolic OH excluding ortho intramolecular Hbond substituents is 1. The lowest BCUT2D eigenvalue weighted by molar-refractivity contribution is 0.473. The molecule has 110 valence electrons. The van der Waals surface area contributed by atoms with Gasteiger partial charge in [-0.2, -0.15) is 0 Å². The van der Waals surface area contributed by atoms with Gasteiger partial charge in [0.1, 0.15) is 5.75 Å². The third-order valence-corrected chi connectivity index (χ3v) is 4.82. The molecule has 1 aliphatic carbocycles. The van der Waals surface area contributed by atoms with Crippen molar-refractivity contribution in [3.05, 3.63) is 65.2 Å². The molecule has 0 heterocycles. The molecule has 0 fully saturated rings. The van der Waals surface area contributed by atoms with E-state index in [2.05, 4.69) is 55.5 Å². The molecular weight excluding hydrogens is 268 g/mol. The van der Waals surface area contributed by atoms with Crippen molar-refractivity contribution in [2.24, 2.45) is 0 Å². The summed E-state index contributed by atoms with van der Waals surface area (Å²) in [5.41, 5.74) is 6.33. The number of aryl methyl sites for hydroxylation is 1. The van der Waals surface area contributed by atoms with Gasteiger partial charge in [-0.3, -0.25) is 0 Å². The van der Waals surface area contributed by atoms with Gasteiger partial charge in [0.2, 0.25) is 0 Å². The Morgan fingerprint density at radius 2 is 1.77 bits per heavy atom. The minimum Gasteiger partial charge on any atom is -0.507 e. The topological polar surface area (TPSA) is 20.2 Å². The fourth-order valence-electron chi connectivity index (χ4n) is 3.65. The summed E-state index contributed by atoms with van der Waals surface area (Å²) in [5, 5.41) is 13.0. The molecule has 0 spiro atoms. The molecular formula is C21H20O. The van der Waals surface area contributed by atoms with E-state index in [-0.39, 0.29) is 0 Å². The quantitative estimate of drug-likeness (QED) is 0.531. The van der Waals surface area contributed by atoms with E-state index in [0.29, 0.717) is 5.75 Å². The van der Waals surface area contributed by atoms with Gasteiger partial charge in [-0.05, 0) is 52.5 Å². The Hall–Kier alpha value is -2.28. The molecule has 0 bridgehead atoms. The van der Waals surface area contributed by atoms with Crippen LogP contribution in [0.2, 0.25) is 0 Å². The molecule has 0 aromatic heterocycles. The van der Waals surface area contributed by atoms with Crippen LogP contribution in [-0.4, -0.2) is 5.11 Å². The van der Waals surface area contributed by atoms with Crippen LogP contribution < -0.4 is 0 Å². The van der Waals surface area contributed by atoms with Crippen LogP contribution in [0.15, 0.2) is 48.5 Å². The number of fused-ring (bicyclic) bond motifs is 5. The van der Waals surface area contributed by atoms with Gasteiger partial charge < -0.3 is 5.11 Å². The van der Waals surface area contributed by atoms with E-state index in [1.54, 1.807) is 0 Å². The van der Waals surface area contributed by atoms with Crippen LogP contribution in [-0.2, 0) is 12.8 Å². The maximum absolute atomic E-state index is 10.8. The van der Waals surface area contributed by atoms with Crippen molar-refractivity contribution < 1.29 is 5.11 Å². The van der Waals surface area contributed by atoms with Crippen LogP contribution in [0.25, 0.3) is 21.9 Å². The molecule has 1 heteroatoms. The number of aromatic hydroxyl groups is 1. The van der Waals surface area contributed by atoms with E-state index in [4.69, 9.17) is 0 Å². The standard InChI is InChI=1S/C21H20O/c1-2-3-6-15-10-9-14-11-12-18-17-8-5-4-7-16(17)13-19(18)20(14)21(15)22/h4-5,7-12,22H,2-3,6,13H2,1H3. The third-order valence-electron chi connectivity index (χ3n) is 4.82. The number of phenols is 1. The molecule has 0 amide bonds. The Kier molecular flexibility index (Phi) is 3.15. The van der Waals surface area contributed by atoms with Gasteiger partial charge in [-0.25, -0.2) is 0 Å². The van der Waals surface area contributed by atoms with E-state index in [0.717, 1.165) is 42.0 Å². The predicted molar refractivity (Wildman–Crippen MR) is 92.5 cm³/mol. The zero-order chi connectivity index (χ0) is 15.1. The molecule has 1 N–H and O–H groups in total. The molecule has 3 aromatic carbocycles. The first kappa shape index (κ1) is 13.4. The van der Waals surface area contributed by atoms with E-state index < -0.39 is 0 Å². The largest absolute Gasteiger partial charge is 0.507 e. The van der Waals surface area contributed by atoms with Gasteiger partial charge in [0.05, 0.1) is 0 Å². The molecule has 0 atom stereocenters. The van der Waals surface area contributed by atoms with Crippen molar-refractivity contribution in [2.45, 2.75) is 32.6 Å². The average molecular weight is 288 g/mol. The van der Waals surface area contributed by atoms with Crippen LogP contribution >= 0.6 is 0 Å². The van der Waals surface area contributed by atoms with Gasteiger partial charge in [-0.15, -0.1) is 0 Å². The Bertz CT molecular complexity index is 861. The van der Waals surface area contributed by atoms with Gasteiger partial charge in [0.15, 0.2) is 0 Å². The Morgan fingerprint density at radius 3 is 2.64 bits per heavy atom. The monoisotopic (exact) mass is 288 g/mol. The van der Waals surface area contributed by atoms with Gasteiger partial charge in [-0.1, -0.05) is 61.9 Å². The lowest BCUT2D eigenvalue weighted by atomic mass is 9.95. The summed E-state index contributed by atoms with van der Waals surface area (Å²) >= 11 is 0. The maximum Gasteiger partial charge on any atom is 0.126 e. The minimum atomic E-state index is 0.496. The molecule has 0 unspecified atom stereocenters. The van der Waals surface area contributed by atoms with Crippen molar-refractivity contribution in [2.75, 3.05) is 0 Å². The molecule has 1 nitrogen and oxygen atoms in total.